The van der Waals surface area contributed by atoms with E-state index in [0.717, 1.165) is 33.3 Å². The molecular formula is C22H18N4O2. The van der Waals surface area contributed by atoms with Gasteiger partial charge in [-0.2, -0.15) is 0 Å². The van der Waals surface area contributed by atoms with Crippen molar-refractivity contribution in [1.29, 1.82) is 0 Å². The van der Waals surface area contributed by atoms with Crippen LogP contribution in [0.25, 0.3) is 22.2 Å². The quantitative estimate of drug-likeness (QED) is 0.555. The van der Waals surface area contributed by atoms with E-state index in [1.165, 1.54) is 0 Å². The molecule has 1 amide bonds. The molecule has 6 nitrogen and oxygen atoms in total. The summed E-state index contributed by atoms with van der Waals surface area (Å²) in [4.78, 5) is 26.8. The van der Waals surface area contributed by atoms with E-state index in [1.54, 1.807) is 11.1 Å². The van der Waals surface area contributed by atoms with Gasteiger partial charge in [0.2, 0.25) is 5.91 Å². The fourth-order valence-electron chi connectivity index (χ4n) is 3.74. The monoisotopic (exact) mass is 370 g/mol. The summed E-state index contributed by atoms with van der Waals surface area (Å²) in [7, 11) is 0. The molecule has 0 radical (unpaired) electrons. The van der Waals surface area contributed by atoms with Gasteiger partial charge in [0.15, 0.2) is 5.82 Å². The SMILES string of the molecule is Cc1cc(-c2cnc3c(n2)N(c2ccc4[nH]ccc4c2)C(=O)C3)cc(C)c1O. The topological polar surface area (TPSA) is 82.1 Å². The molecule has 0 bridgehead atoms. The molecule has 1 aliphatic rings. The largest absolute Gasteiger partial charge is 0.507 e. The Hall–Kier alpha value is -3.67. The summed E-state index contributed by atoms with van der Waals surface area (Å²) in [6.45, 7) is 3.71. The van der Waals surface area contributed by atoms with Crippen LogP contribution >= 0.6 is 0 Å². The van der Waals surface area contributed by atoms with Gasteiger partial charge in [-0.15, -0.1) is 0 Å². The molecule has 138 valence electrons. The summed E-state index contributed by atoms with van der Waals surface area (Å²) in [5.41, 5.74) is 5.57. The number of phenols is 1. The molecule has 0 saturated carbocycles. The highest BCUT2D eigenvalue weighted by atomic mass is 16.3. The smallest absolute Gasteiger partial charge is 0.238 e. The first-order valence-electron chi connectivity index (χ1n) is 9.08. The van der Waals surface area contributed by atoms with Gasteiger partial charge in [0, 0.05) is 22.7 Å². The van der Waals surface area contributed by atoms with Crippen LogP contribution in [0.15, 0.2) is 48.8 Å². The Morgan fingerprint density at radius 3 is 2.68 bits per heavy atom. The molecule has 0 unspecified atom stereocenters. The lowest BCUT2D eigenvalue weighted by molar-refractivity contribution is -0.116. The van der Waals surface area contributed by atoms with Gasteiger partial charge in [0.25, 0.3) is 0 Å². The number of benzene rings is 2. The lowest BCUT2D eigenvalue weighted by Gasteiger charge is -2.17. The Balaban J connectivity index is 1.63. The molecule has 6 heteroatoms. The van der Waals surface area contributed by atoms with Crippen molar-refractivity contribution in [2.24, 2.45) is 0 Å². The Morgan fingerprint density at radius 2 is 1.89 bits per heavy atom. The summed E-state index contributed by atoms with van der Waals surface area (Å²) in [5, 5.41) is 11.1. The average Bonchev–Trinajstić information content (AvgIpc) is 3.27. The second kappa shape index (κ2) is 5.92. The van der Waals surface area contributed by atoms with Crippen LogP contribution in [0.4, 0.5) is 11.5 Å². The second-order valence-electron chi connectivity index (χ2n) is 7.14. The molecule has 3 heterocycles. The van der Waals surface area contributed by atoms with Crippen molar-refractivity contribution in [3.8, 4) is 17.0 Å². The standard InChI is InChI=1S/C22H18N4O2/c1-12-7-15(8-13(2)21(12)28)19-11-24-18-10-20(27)26(22(18)25-19)16-3-4-17-14(9-16)5-6-23-17/h3-9,11,23,28H,10H2,1-2H3. The maximum atomic E-state index is 12.7. The number of carbonyl (C=O) groups is 1. The summed E-state index contributed by atoms with van der Waals surface area (Å²) in [6, 6.07) is 11.6. The molecule has 2 aromatic heterocycles. The number of hydrogen-bond acceptors (Lipinski definition) is 4. The third-order valence-electron chi connectivity index (χ3n) is 5.19. The van der Waals surface area contributed by atoms with Crippen molar-refractivity contribution in [2.75, 3.05) is 4.90 Å². The lowest BCUT2D eigenvalue weighted by atomic mass is 10.0. The van der Waals surface area contributed by atoms with Crippen molar-refractivity contribution in [3.05, 3.63) is 65.6 Å². The van der Waals surface area contributed by atoms with Gasteiger partial charge in [-0.1, -0.05) is 0 Å². The zero-order valence-corrected chi connectivity index (χ0v) is 15.5. The van der Waals surface area contributed by atoms with Gasteiger partial charge in [-0.3, -0.25) is 14.7 Å². The van der Waals surface area contributed by atoms with Crippen molar-refractivity contribution < 1.29 is 9.90 Å². The maximum absolute atomic E-state index is 12.7. The van der Waals surface area contributed by atoms with Gasteiger partial charge in [0.05, 0.1) is 29.7 Å². The third kappa shape index (κ3) is 2.45. The number of aryl methyl sites for hydroxylation is 2. The molecule has 0 aliphatic carbocycles. The van der Waals surface area contributed by atoms with Crippen molar-refractivity contribution >= 4 is 28.3 Å². The average molecular weight is 370 g/mol. The molecule has 5 rings (SSSR count). The van der Waals surface area contributed by atoms with Gasteiger partial charge < -0.3 is 10.1 Å². The lowest BCUT2D eigenvalue weighted by Crippen LogP contribution is -2.21. The Morgan fingerprint density at radius 1 is 1.11 bits per heavy atom. The normalized spacial score (nSPS) is 13.4. The molecule has 4 aromatic rings. The predicted octanol–water partition coefficient (Wildman–Crippen LogP) is 4.17. The van der Waals surface area contributed by atoms with E-state index in [1.807, 2.05) is 56.4 Å². The predicted molar refractivity (Wildman–Crippen MR) is 108 cm³/mol. The number of nitrogens with one attached hydrogen (secondary N) is 1. The van der Waals surface area contributed by atoms with Crippen LogP contribution in [0.5, 0.6) is 5.75 Å². The van der Waals surface area contributed by atoms with Crippen LogP contribution in [0, 0.1) is 13.8 Å². The number of phenolic OH excluding ortho intramolecular Hbond substituents is 1. The van der Waals surface area contributed by atoms with Gasteiger partial charge in [-0.25, -0.2) is 4.98 Å². The van der Waals surface area contributed by atoms with Crippen LogP contribution in [-0.4, -0.2) is 26.0 Å². The van der Waals surface area contributed by atoms with E-state index >= 15 is 0 Å². The minimum absolute atomic E-state index is 0.0416. The Kier molecular flexibility index (Phi) is 3.49. The highest BCUT2D eigenvalue weighted by molar-refractivity contribution is 6.07. The van der Waals surface area contributed by atoms with E-state index in [-0.39, 0.29) is 18.1 Å². The molecular weight excluding hydrogens is 352 g/mol. The zero-order chi connectivity index (χ0) is 19.4. The van der Waals surface area contributed by atoms with Crippen molar-refractivity contribution in [1.82, 2.24) is 15.0 Å². The number of fused-ring (bicyclic) bond motifs is 2. The number of rotatable bonds is 2. The molecule has 28 heavy (non-hydrogen) atoms. The van der Waals surface area contributed by atoms with Crippen LogP contribution in [-0.2, 0) is 11.2 Å². The zero-order valence-electron chi connectivity index (χ0n) is 15.5. The van der Waals surface area contributed by atoms with E-state index in [2.05, 4.69) is 9.97 Å². The number of aromatic nitrogens is 3. The first kappa shape index (κ1) is 16.5. The molecule has 0 fully saturated rings. The fraction of sp³-hybridized carbons (Fsp3) is 0.136. The molecule has 0 saturated heterocycles. The maximum Gasteiger partial charge on any atom is 0.238 e. The summed E-state index contributed by atoms with van der Waals surface area (Å²) < 4.78 is 0. The Bertz CT molecular complexity index is 1240. The first-order chi connectivity index (χ1) is 13.5. The number of amides is 1. The molecule has 0 spiro atoms. The minimum atomic E-state index is -0.0416. The van der Waals surface area contributed by atoms with Gasteiger partial charge >= 0.3 is 0 Å². The molecule has 0 atom stereocenters. The number of aromatic hydroxyl groups is 1. The van der Waals surface area contributed by atoms with E-state index in [4.69, 9.17) is 4.98 Å². The number of nitrogens with zero attached hydrogens (tertiary/aromatic N) is 3. The molecule has 1 aliphatic heterocycles. The van der Waals surface area contributed by atoms with E-state index < -0.39 is 0 Å². The molecule has 2 N–H and O–H groups in total. The third-order valence-corrected chi connectivity index (χ3v) is 5.19. The van der Waals surface area contributed by atoms with Crippen LogP contribution in [0.3, 0.4) is 0 Å². The number of carbonyl (C=O) groups excluding carboxylic acids is 1. The van der Waals surface area contributed by atoms with E-state index in [0.29, 0.717) is 17.2 Å². The van der Waals surface area contributed by atoms with Crippen molar-refractivity contribution in [3.63, 3.8) is 0 Å². The van der Waals surface area contributed by atoms with Crippen LogP contribution in [0.2, 0.25) is 0 Å². The first-order valence-corrected chi connectivity index (χ1v) is 9.08. The van der Waals surface area contributed by atoms with Crippen LogP contribution < -0.4 is 4.90 Å². The number of aromatic amines is 1. The number of hydrogen-bond donors (Lipinski definition) is 2. The highest BCUT2D eigenvalue weighted by Crippen LogP contribution is 2.36. The molecule has 2 aromatic carbocycles. The second-order valence-corrected chi connectivity index (χ2v) is 7.14. The fourth-order valence-corrected chi connectivity index (χ4v) is 3.74. The highest BCUT2D eigenvalue weighted by Gasteiger charge is 2.32. The summed E-state index contributed by atoms with van der Waals surface area (Å²) >= 11 is 0. The van der Waals surface area contributed by atoms with Gasteiger partial charge in [0.1, 0.15) is 5.75 Å². The minimum Gasteiger partial charge on any atom is -0.507 e. The Labute approximate surface area is 161 Å². The summed E-state index contributed by atoms with van der Waals surface area (Å²) in [6.07, 6.45) is 3.80. The van der Waals surface area contributed by atoms with Crippen LogP contribution in [0.1, 0.15) is 16.8 Å². The van der Waals surface area contributed by atoms with E-state index in [9.17, 15) is 9.90 Å². The summed E-state index contributed by atoms with van der Waals surface area (Å²) in [5.74, 6) is 0.815. The van der Waals surface area contributed by atoms with Crippen molar-refractivity contribution in [2.45, 2.75) is 20.3 Å². The number of H-pyrrole nitrogens is 1. The number of anilines is 2. The van der Waals surface area contributed by atoms with Gasteiger partial charge in [-0.05, 0) is 61.4 Å².